The molecule has 0 aliphatic carbocycles. The van der Waals surface area contributed by atoms with E-state index in [4.69, 9.17) is 0 Å². The highest BCUT2D eigenvalue weighted by atomic mass is 16.2. The Balaban J connectivity index is 1.49. The van der Waals surface area contributed by atoms with Crippen LogP contribution in [-0.2, 0) is 22.6 Å². The van der Waals surface area contributed by atoms with Crippen LogP contribution in [0, 0.1) is 0 Å². The molecule has 1 atom stereocenters. The molecule has 1 aliphatic heterocycles. The molecule has 0 spiro atoms. The Morgan fingerprint density at radius 2 is 1.49 bits per heavy atom. The van der Waals surface area contributed by atoms with Gasteiger partial charge in [0.05, 0.1) is 5.69 Å². The lowest BCUT2D eigenvalue weighted by Gasteiger charge is -2.33. The fraction of sp³-hybridized carbons (Fsp3) is 0.194. The van der Waals surface area contributed by atoms with Gasteiger partial charge < -0.3 is 10.2 Å². The minimum Gasteiger partial charge on any atom is -0.355 e. The summed E-state index contributed by atoms with van der Waals surface area (Å²) >= 11 is 0. The van der Waals surface area contributed by atoms with Crippen molar-refractivity contribution >= 4 is 34.2 Å². The molecule has 0 fully saturated rings. The summed E-state index contributed by atoms with van der Waals surface area (Å²) in [6.07, 6.45) is 0.370. The molecule has 0 unspecified atom stereocenters. The minimum atomic E-state index is -0.731. The predicted octanol–water partition coefficient (Wildman–Crippen LogP) is 4.58. The predicted molar refractivity (Wildman–Crippen MR) is 145 cm³/mol. The first-order valence-corrected chi connectivity index (χ1v) is 12.6. The molecule has 6 heteroatoms. The van der Waals surface area contributed by atoms with Gasteiger partial charge in [0.15, 0.2) is 0 Å². The lowest BCUT2D eigenvalue weighted by Crippen LogP contribution is -2.53. The summed E-state index contributed by atoms with van der Waals surface area (Å²) in [7, 11) is 0. The van der Waals surface area contributed by atoms with Crippen LogP contribution in [0.3, 0.4) is 0 Å². The topological polar surface area (TPSA) is 69.7 Å². The van der Waals surface area contributed by atoms with Crippen molar-refractivity contribution in [3.63, 3.8) is 0 Å². The smallest absolute Gasteiger partial charge is 0.259 e. The molecule has 0 aromatic heterocycles. The summed E-state index contributed by atoms with van der Waals surface area (Å²) in [5.74, 6) is -0.694. The Bertz CT molecular complexity index is 1430. The van der Waals surface area contributed by atoms with E-state index in [-0.39, 0.29) is 30.8 Å². The maximum absolute atomic E-state index is 14.0. The first kappa shape index (κ1) is 24.3. The van der Waals surface area contributed by atoms with Crippen LogP contribution < -0.4 is 10.2 Å². The molecule has 186 valence electrons. The number of carbonyl (C=O) groups excluding carboxylic acids is 3. The van der Waals surface area contributed by atoms with Crippen LogP contribution in [0.15, 0.2) is 97.1 Å². The summed E-state index contributed by atoms with van der Waals surface area (Å²) in [5.41, 5.74) is 3.19. The van der Waals surface area contributed by atoms with Crippen molar-refractivity contribution in [2.24, 2.45) is 0 Å². The van der Waals surface area contributed by atoms with Gasteiger partial charge in [0.25, 0.3) is 5.91 Å². The Labute approximate surface area is 216 Å². The number of benzene rings is 4. The first-order valence-electron chi connectivity index (χ1n) is 12.6. The molecule has 0 radical (unpaired) electrons. The van der Waals surface area contributed by atoms with Crippen LogP contribution in [-0.4, -0.2) is 41.8 Å². The van der Waals surface area contributed by atoms with Crippen molar-refractivity contribution in [3.8, 4) is 0 Å². The van der Waals surface area contributed by atoms with E-state index in [1.165, 1.54) is 4.90 Å². The molecule has 1 N–H and O–H groups in total. The maximum Gasteiger partial charge on any atom is 0.259 e. The fourth-order valence-electron chi connectivity index (χ4n) is 4.99. The second-order valence-electron chi connectivity index (χ2n) is 9.18. The molecule has 5 rings (SSSR count). The van der Waals surface area contributed by atoms with Crippen LogP contribution in [0.4, 0.5) is 5.69 Å². The number of amides is 3. The number of hydrogen-bond donors (Lipinski definition) is 1. The van der Waals surface area contributed by atoms with Crippen LogP contribution in [0.25, 0.3) is 10.8 Å². The van der Waals surface area contributed by atoms with E-state index in [0.717, 1.165) is 27.6 Å². The molecule has 0 saturated carbocycles. The zero-order valence-electron chi connectivity index (χ0n) is 20.8. The maximum atomic E-state index is 14.0. The van der Waals surface area contributed by atoms with Gasteiger partial charge >= 0.3 is 0 Å². The van der Waals surface area contributed by atoms with Gasteiger partial charge in [-0.15, -0.1) is 0 Å². The van der Waals surface area contributed by atoms with Crippen molar-refractivity contribution in [1.29, 1.82) is 0 Å². The van der Waals surface area contributed by atoms with E-state index in [9.17, 15) is 14.4 Å². The number of likely N-dealkylation sites (N-methyl/N-ethyl adjacent to an activating group) is 1. The van der Waals surface area contributed by atoms with E-state index < -0.39 is 6.04 Å². The van der Waals surface area contributed by atoms with Crippen molar-refractivity contribution in [2.45, 2.75) is 25.9 Å². The van der Waals surface area contributed by atoms with Gasteiger partial charge in [-0.3, -0.25) is 19.3 Å². The van der Waals surface area contributed by atoms with Crippen molar-refractivity contribution in [2.75, 3.05) is 18.0 Å². The quantitative estimate of drug-likeness (QED) is 0.373. The SMILES string of the molecule is CCNC(=O)[C@H](Cc1ccccc1)N(Cc1ccccc1)C(=O)CN1C(=O)c2cccc3cccc1c23. The molecule has 0 saturated heterocycles. The average molecular weight is 492 g/mol. The van der Waals surface area contributed by atoms with E-state index in [2.05, 4.69) is 5.32 Å². The molecule has 0 bridgehead atoms. The van der Waals surface area contributed by atoms with Crippen LogP contribution >= 0.6 is 0 Å². The lowest BCUT2D eigenvalue weighted by molar-refractivity contribution is -0.140. The van der Waals surface area contributed by atoms with E-state index in [0.29, 0.717) is 18.5 Å². The Kier molecular flexibility index (Phi) is 6.99. The normalized spacial score (nSPS) is 13.0. The molecule has 4 aromatic carbocycles. The molecule has 1 heterocycles. The van der Waals surface area contributed by atoms with E-state index >= 15 is 0 Å². The molecule has 4 aromatic rings. The number of hydrogen-bond acceptors (Lipinski definition) is 3. The van der Waals surface area contributed by atoms with Crippen molar-refractivity contribution in [3.05, 3.63) is 114 Å². The number of rotatable bonds is 9. The van der Waals surface area contributed by atoms with Gasteiger partial charge in [0.1, 0.15) is 12.6 Å². The van der Waals surface area contributed by atoms with Crippen molar-refractivity contribution in [1.82, 2.24) is 10.2 Å². The third-order valence-electron chi connectivity index (χ3n) is 6.76. The van der Waals surface area contributed by atoms with Crippen molar-refractivity contribution < 1.29 is 14.4 Å². The fourth-order valence-corrected chi connectivity index (χ4v) is 4.99. The molecule has 1 aliphatic rings. The zero-order valence-corrected chi connectivity index (χ0v) is 20.8. The Morgan fingerprint density at radius 1 is 0.838 bits per heavy atom. The molecule has 6 nitrogen and oxygen atoms in total. The van der Waals surface area contributed by atoms with E-state index in [1.54, 1.807) is 11.0 Å². The van der Waals surface area contributed by atoms with Gasteiger partial charge in [-0.25, -0.2) is 0 Å². The summed E-state index contributed by atoms with van der Waals surface area (Å²) in [6, 6.07) is 29.9. The second kappa shape index (κ2) is 10.7. The number of nitrogens with one attached hydrogen (secondary N) is 1. The van der Waals surface area contributed by atoms with Crippen LogP contribution in [0.5, 0.6) is 0 Å². The standard InChI is InChI=1S/C31H29N3O3/c1-2-32-30(36)27(19-22-11-5-3-6-12-22)33(20-23-13-7-4-8-14-23)28(35)21-34-26-18-10-16-24-15-9-17-25(29(24)26)31(34)37/h3-18,27H,2,19-21H2,1H3,(H,32,36)/t27-/m0/s1. The highest BCUT2D eigenvalue weighted by Gasteiger charge is 2.35. The van der Waals surface area contributed by atoms with Gasteiger partial charge in [0.2, 0.25) is 11.8 Å². The van der Waals surface area contributed by atoms with Gasteiger partial charge in [-0.2, -0.15) is 0 Å². The first-order chi connectivity index (χ1) is 18.1. The number of nitrogens with zero attached hydrogens (tertiary/aromatic N) is 2. The highest BCUT2D eigenvalue weighted by Crippen LogP contribution is 2.37. The van der Waals surface area contributed by atoms with E-state index in [1.807, 2.05) is 97.9 Å². The second-order valence-corrected chi connectivity index (χ2v) is 9.18. The molecule has 37 heavy (non-hydrogen) atoms. The third-order valence-corrected chi connectivity index (χ3v) is 6.76. The van der Waals surface area contributed by atoms with Gasteiger partial charge in [-0.1, -0.05) is 84.9 Å². The van der Waals surface area contributed by atoms with Gasteiger partial charge in [-0.05, 0) is 35.6 Å². The summed E-state index contributed by atoms with van der Waals surface area (Å²) in [6.45, 7) is 2.43. The summed E-state index contributed by atoms with van der Waals surface area (Å²) in [4.78, 5) is 43.9. The Hall–Kier alpha value is -4.45. The zero-order chi connectivity index (χ0) is 25.8. The van der Waals surface area contributed by atoms with Crippen LogP contribution in [0.2, 0.25) is 0 Å². The molecular formula is C31H29N3O3. The summed E-state index contributed by atoms with van der Waals surface area (Å²) < 4.78 is 0. The largest absolute Gasteiger partial charge is 0.355 e. The highest BCUT2D eigenvalue weighted by molar-refractivity contribution is 6.26. The van der Waals surface area contributed by atoms with Gasteiger partial charge in [0, 0.05) is 30.5 Å². The average Bonchev–Trinajstić information content (AvgIpc) is 3.20. The third kappa shape index (κ3) is 4.96. The number of carbonyl (C=O) groups is 3. The number of anilines is 1. The summed E-state index contributed by atoms with van der Waals surface area (Å²) in [5, 5.41) is 4.73. The van der Waals surface area contributed by atoms with Crippen LogP contribution in [0.1, 0.15) is 28.4 Å². The monoisotopic (exact) mass is 491 g/mol. The molecule has 3 amide bonds. The Morgan fingerprint density at radius 3 is 2.16 bits per heavy atom. The minimum absolute atomic E-state index is 0.149. The lowest BCUT2D eigenvalue weighted by atomic mass is 10.0. The molecular weight excluding hydrogens is 462 g/mol.